The van der Waals surface area contributed by atoms with Gasteiger partial charge in [0.2, 0.25) is 0 Å². The summed E-state index contributed by atoms with van der Waals surface area (Å²) in [4.78, 5) is 0. The molecule has 1 aromatic rings. The monoisotopic (exact) mass is 338 g/mol. The first-order valence-corrected chi connectivity index (χ1v) is 2.00. The van der Waals surface area contributed by atoms with Crippen molar-refractivity contribution < 1.29 is 49.6 Å². The van der Waals surface area contributed by atoms with E-state index in [0.29, 0.717) is 0 Å². The summed E-state index contributed by atoms with van der Waals surface area (Å²) in [5.74, 6) is 0. The molecule has 0 fully saturated rings. The molecule has 0 aliphatic rings. The molecule has 0 aromatic heterocycles. The Morgan fingerprint density at radius 1 is 0.364 bits per heavy atom. The van der Waals surface area contributed by atoms with Gasteiger partial charge >= 0.3 is 23.9 Å². The van der Waals surface area contributed by atoms with Gasteiger partial charge in [-0.3, -0.25) is 0 Å². The average molecular weight is 339 g/mol. The molecule has 0 heterocycles. The Morgan fingerprint density at radius 3 is 0.545 bits per heavy atom. The Bertz CT molecular complexity index is 86.5. The number of hydrogen-bond donors (Lipinski definition) is 0. The van der Waals surface area contributed by atoms with Crippen molar-refractivity contribution in [3.8, 4) is 0 Å². The molecule has 0 unspecified atom stereocenters. The summed E-state index contributed by atoms with van der Waals surface area (Å²) >= 11 is 0. The van der Waals surface area contributed by atoms with Crippen LogP contribution in [0.4, 0.5) is 0 Å². The van der Waals surface area contributed by atoms with E-state index in [9.17, 15) is 0 Å². The summed E-state index contributed by atoms with van der Waals surface area (Å²) in [5.41, 5.74) is 0. The molecule has 1 rings (SSSR count). The van der Waals surface area contributed by atoms with Gasteiger partial charge in [-0.15, -0.1) is 0 Å². The molecule has 0 saturated heterocycles. The van der Waals surface area contributed by atoms with Crippen molar-refractivity contribution in [2.75, 3.05) is 0 Å². The largest absolute Gasteiger partial charge is 4.00 e. The average Bonchev–Trinajstić information content (AvgIpc) is 1.72. The molecule has 0 aliphatic heterocycles. The Balaban J connectivity index is -0.0000000240. The maximum atomic E-state index is 2.00. The van der Waals surface area contributed by atoms with Crippen LogP contribution in [-0.2, 0) is 0 Å². The Kier molecular flexibility index (Phi) is 60.3. The van der Waals surface area contributed by atoms with Crippen LogP contribution in [0.3, 0.4) is 0 Å². The maximum absolute atomic E-state index is 2.00. The third kappa shape index (κ3) is 18.3. The zero-order chi connectivity index (χ0) is 4.24. The molecule has 62 valence electrons. The van der Waals surface area contributed by atoms with E-state index in [4.69, 9.17) is 0 Å². The fourth-order valence-electron chi connectivity index (χ4n) is 0.385. The summed E-state index contributed by atoms with van der Waals surface area (Å²) < 4.78 is 0. The number of hydrogen-bond acceptors (Lipinski definition) is 0. The van der Waals surface area contributed by atoms with E-state index in [2.05, 4.69) is 0 Å². The van der Waals surface area contributed by atoms with Crippen molar-refractivity contribution in [1.29, 1.82) is 0 Å². The molecule has 5 heteroatoms. The van der Waals surface area contributed by atoms with Gasteiger partial charge in [-0.2, -0.15) is 0 Å². The van der Waals surface area contributed by atoms with E-state index < -0.39 is 0 Å². The standard InChI is InChI=1S/C6H6.4ClH.Sn/c1-2-4-6-5-3-1;;;;;/h1-6H;4*1H;/q;;;;;+4/p-4. The SMILES string of the molecule is [Cl-].[Cl-].[Cl-].[Cl-].[Sn+4].c1ccccc1. The summed E-state index contributed by atoms with van der Waals surface area (Å²) in [5, 5.41) is 0. The molecule has 0 spiro atoms. The summed E-state index contributed by atoms with van der Waals surface area (Å²) in [7, 11) is 0. The summed E-state index contributed by atoms with van der Waals surface area (Å²) in [6.45, 7) is 0. The molecular formula is C6H6Cl4Sn. The molecule has 0 bridgehead atoms. The van der Waals surface area contributed by atoms with Crippen LogP contribution in [0.15, 0.2) is 36.4 Å². The van der Waals surface area contributed by atoms with Gasteiger partial charge in [0, 0.05) is 0 Å². The molecule has 0 aliphatic carbocycles. The molecule has 0 amide bonds. The molecule has 0 atom stereocenters. The number of benzene rings is 1. The van der Waals surface area contributed by atoms with Crippen LogP contribution in [0, 0.1) is 0 Å². The predicted octanol–water partition coefficient (Wildman–Crippen LogP) is -10.7. The zero-order valence-electron chi connectivity index (χ0n) is 5.48. The zero-order valence-corrected chi connectivity index (χ0v) is 11.4. The molecule has 0 nitrogen and oxygen atoms in total. The predicted molar refractivity (Wildman–Crippen MR) is 32.2 cm³/mol. The smallest absolute Gasteiger partial charge is 1.00 e. The molecular weight excluding hydrogens is 333 g/mol. The number of rotatable bonds is 0. The van der Waals surface area contributed by atoms with Crippen LogP contribution >= 0.6 is 0 Å². The Morgan fingerprint density at radius 2 is 0.455 bits per heavy atom. The van der Waals surface area contributed by atoms with E-state index in [1.54, 1.807) is 0 Å². The van der Waals surface area contributed by atoms with Crippen LogP contribution < -0.4 is 49.6 Å². The fraction of sp³-hybridized carbons (Fsp3) is 0. The molecule has 0 radical (unpaired) electrons. The van der Waals surface area contributed by atoms with Crippen LogP contribution in [0.5, 0.6) is 0 Å². The van der Waals surface area contributed by atoms with Gasteiger partial charge in [0.05, 0.1) is 0 Å². The van der Waals surface area contributed by atoms with Crippen LogP contribution in [0.1, 0.15) is 0 Å². The Hall–Kier alpha value is 1.18. The first-order chi connectivity index (χ1) is 3.00. The minimum Gasteiger partial charge on any atom is -1.00 e. The van der Waals surface area contributed by atoms with Gasteiger partial charge in [0.1, 0.15) is 0 Å². The van der Waals surface area contributed by atoms with E-state index in [-0.39, 0.29) is 73.5 Å². The van der Waals surface area contributed by atoms with Crippen LogP contribution in [0.25, 0.3) is 0 Å². The van der Waals surface area contributed by atoms with E-state index in [0.717, 1.165) is 0 Å². The van der Waals surface area contributed by atoms with Crippen molar-refractivity contribution in [2.45, 2.75) is 0 Å². The van der Waals surface area contributed by atoms with Crippen LogP contribution in [-0.4, -0.2) is 23.9 Å². The molecule has 0 saturated carbocycles. The van der Waals surface area contributed by atoms with Crippen molar-refractivity contribution in [3.05, 3.63) is 36.4 Å². The second-order valence-electron chi connectivity index (χ2n) is 1.15. The third-order valence-electron chi connectivity index (χ3n) is 0.667. The first kappa shape index (κ1) is 29.5. The van der Waals surface area contributed by atoms with E-state index in [1.807, 2.05) is 36.4 Å². The quantitative estimate of drug-likeness (QED) is 0.412. The molecule has 1 aromatic carbocycles. The summed E-state index contributed by atoms with van der Waals surface area (Å²) in [6, 6.07) is 12.0. The van der Waals surface area contributed by atoms with Gasteiger partial charge < -0.3 is 49.6 Å². The van der Waals surface area contributed by atoms with Crippen molar-refractivity contribution in [1.82, 2.24) is 0 Å². The maximum Gasteiger partial charge on any atom is 4.00 e. The minimum atomic E-state index is 0. The molecule has 11 heavy (non-hydrogen) atoms. The van der Waals surface area contributed by atoms with Crippen molar-refractivity contribution in [3.63, 3.8) is 0 Å². The first-order valence-electron chi connectivity index (χ1n) is 2.00. The van der Waals surface area contributed by atoms with Crippen LogP contribution in [0.2, 0.25) is 0 Å². The molecule has 0 N–H and O–H groups in total. The third-order valence-corrected chi connectivity index (χ3v) is 0.667. The van der Waals surface area contributed by atoms with Gasteiger partial charge in [-0.1, -0.05) is 36.4 Å². The minimum absolute atomic E-state index is 0. The van der Waals surface area contributed by atoms with Gasteiger partial charge in [-0.05, 0) is 0 Å². The normalized spacial score (nSPS) is 4.36. The van der Waals surface area contributed by atoms with Gasteiger partial charge in [0.15, 0.2) is 0 Å². The second kappa shape index (κ2) is 22.5. The van der Waals surface area contributed by atoms with Crippen molar-refractivity contribution in [2.24, 2.45) is 0 Å². The second-order valence-corrected chi connectivity index (χ2v) is 1.15. The fourth-order valence-corrected chi connectivity index (χ4v) is 0.385. The van der Waals surface area contributed by atoms with E-state index >= 15 is 0 Å². The van der Waals surface area contributed by atoms with Gasteiger partial charge in [0.25, 0.3) is 0 Å². The van der Waals surface area contributed by atoms with E-state index in [1.165, 1.54) is 0 Å². The van der Waals surface area contributed by atoms with Crippen molar-refractivity contribution >= 4 is 23.9 Å². The topological polar surface area (TPSA) is 0 Å². The van der Waals surface area contributed by atoms with Gasteiger partial charge in [-0.25, -0.2) is 0 Å². The number of halogens is 4. The Labute approximate surface area is 109 Å². The summed E-state index contributed by atoms with van der Waals surface area (Å²) in [6.07, 6.45) is 0.